The summed E-state index contributed by atoms with van der Waals surface area (Å²) in [4.78, 5) is 15.2. The maximum atomic E-state index is 13.5. The highest BCUT2D eigenvalue weighted by molar-refractivity contribution is 9.10. The van der Waals surface area contributed by atoms with Crippen molar-refractivity contribution in [1.29, 1.82) is 0 Å². The van der Waals surface area contributed by atoms with Gasteiger partial charge in [-0.1, -0.05) is 69.5 Å². The third-order valence-corrected chi connectivity index (χ3v) is 6.35. The number of hydrogen-bond donors (Lipinski definition) is 0. The van der Waals surface area contributed by atoms with Crippen LogP contribution in [-0.2, 0) is 4.79 Å². The molecule has 0 saturated heterocycles. The molecular formula is C27H16BrCl2NO2. The van der Waals surface area contributed by atoms with Crippen LogP contribution in [0.3, 0.4) is 0 Å². The summed E-state index contributed by atoms with van der Waals surface area (Å²) in [6, 6.07) is 26.3. The summed E-state index contributed by atoms with van der Waals surface area (Å²) in [5.41, 5.74) is 3.76. The smallest absolute Gasteiger partial charge is 0.263 e. The summed E-state index contributed by atoms with van der Waals surface area (Å²) in [7, 11) is 0. The van der Waals surface area contributed by atoms with Gasteiger partial charge in [0.2, 0.25) is 0 Å². The van der Waals surface area contributed by atoms with Gasteiger partial charge in [0.25, 0.3) is 5.91 Å². The molecule has 0 radical (unpaired) electrons. The highest BCUT2D eigenvalue weighted by Gasteiger charge is 2.30. The molecule has 0 unspecified atom stereocenters. The molecule has 3 nitrogen and oxygen atoms in total. The molecule has 0 aliphatic carbocycles. The average Bonchev–Trinajstić information content (AvgIpc) is 3.42. The fourth-order valence-electron chi connectivity index (χ4n) is 3.70. The van der Waals surface area contributed by atoms with Gasteiger partial charge in [0.15, 0.2) is 0 Å². The number of anilines is 1. The van der Waals surface area contributed by atoms with E-state index in [1.165, 1.54) is 0 Å². The third kappa shape index (κ3) is 4.42. The van der Waals surface area contributed by atoms with E-state index >= 15 is 0 Å². The molecule has 1 aliphatic heterocycles. The van der Waals surface area contributed by atoms with E-state index < -0.39 is 0 Å². The van der Waals surface area contributed by atoms with Gasteiger partial charge < -0.3 is 4.42 Å². The van der Waals surface area contributed by atoms with Crippen molar-refractivity contribution in [2.75, 3.05) is 4.90 Å². The number of amides is 1. The average molecular weight is 537 g/mol. The number of carbonyl (C=O) groups is 1. The number of furan rings is 1. The highest BCUT2D eigenvalue weighted by Crippen LogP contribution is 2.37. The Balaban J connectivity index is 1.55. The standard InChI is InChI=1S/C27H16BrCl2NO2/c28-19-6-9-21(10-7-19)31-25(17-4-2-1-3-5-17)15-18(27(31)32)14-22-11-13-26(33-22)23-16-20(29)8-12-24(23)30/h1-16H/b18-14+. The minimum atomic E-state index is -0.130. The van der Waals surface area contributed by atoms with Crippen LogP contribution in [-0.4, -0.2) is 5.91 Å². The van der Waals surface area contributed by atoms with Crippen molar-refractivity contribution in [3.63, 3.8) is 0 Å². The summed E-state index contributed by atoms with van der Waals surface area (Å²) in [6.45, 7) is 0. The Kier molecular flexibility index (Phi) is 5.98. The van der Waals surface area contributed by atoms with Crippen LogP contribution in [0, 0.1) is 0 Å². The first-order valence-corrected chi connectivity index (χ1v) is 11.7. The number of rotatable bonds is 4. The van der Waals surface area contributed by atoms with E-state index in [1.54, 1.807) is 29.2 Å². The van der Waals surface area contributed by atoms with Gasteiger partial charge in [-0.05, 0) is 72.3 Å². The van der Waals surface area contributed by atoms with Gasteiger partial charge >= 0.3 is 0 Å². The van der Waals surface area contributed by atoms with Crippen molar-refractivity contribution >= 4 is 62.5 Å². The number of halogens is 3. The van der Waals surface area contributed by atoms with E-state index in [1.807, 2.05) is 72.8 Å². The topological polar surface area (TPSA) is 33.5 Å². The van der Waals surface area contributed by atoms with Gasteiger partial charge in [-0.3, -0.25) is 9.69 Å². The van der Waals surface area contributed by atoms with Gasteiger partial charge in [0.05, 0.1) is 10.7 Å². The summed E-state index contributed by atoms with van der Waals surface area (Å²) in [5.74, 6) is 0.998. The molecule has 33 heavy (non-hydrogen) atoms. The van der Waals surface area contributed by atoms with Gasteiger partial charge in [0.1, 0.15) is 11.5 Å². The number of nitrogens with zero attached hydrogens (tertiary/aromatic N) is 1. The van der Waals surface area contributed by atoms with Gasteiger partial charge in [-0.15, -0.1) is 0 Å². The first-order chi connectivity index (χ1) is 16.0. The Labute approximate surface area is 209 Å². The third-order valence-electron chi connectivity index (χ3n) is 5.26. The maximum Gasteiger partial charge on any atom is 0.263 e. The lowest BCUT2D eigenvalue weighted by Gasteiger charge is -2.20. The minimum absolute atomic E-state index is 0.130. The molecule has 0 fully saturated rings. The number of benzene rings is 3. The van der Waals surface area contributed by atoms with E-state index in [0.717, 1.165) is 21.4 Å². The van der Waals surface area contributed by atoms with Gasteiger partial charge in [-0.2, -0.15) is 0 Å². The Morgan fingerprint density at radius 3 is 2.39 bits per heavy atom. The van der Waals surface area contributed by atoms with Crippen molar-refractivity contribution in [3.8, 4) is 11.3 Å². The molecule has 1 aliphatic rings. The lowest BCUT2D eigenvalue weighted by atomic mass is 10.1. The Morgan fingerprint density at radius 2 is 1.64 bits per heavy atom. The Morgan fingerprint density at radius 1 is 0.879 bits per heavy atom. The molecule has 0 spiro atoms. The molecule has 2 heterocycles. The van der Waals surface area contributed by atoms with E-state index in [4.69, 9.17) is 27.6 Å². The number of hydrogen-bond acceptors (Lipinski definition) is 2. The molecule has 0 atom stereocenters. The van der Waals surface area contributed by atoms with Crippen LogP contribution in [0.25, 0.3) is 23.1 Å². The monoisotopic (exact) mass is 535 g/mol. The van der Waals surface area contributed by atoms with Crippen LogP contribution in [0.5, 0.6) is 0 Å². The van der Waals surface area contributed by atoms with Crippen molar-refractivity contribution in [1.82, 2.24) is 0 Å². The molecule has 0 saturated carbocycles. The lowest BCUT2D eigenvalue weighted by molar-refractivity contribution is -0.113. The Bertz CT molecular complexity index is 1410. The second kappa shape index (κ2) is 9.06. The first kappa shape index (κ1) is 21.8. The molecule has 1 aromatic heterocycles. The van der Waals surface area contributed by atoms with E-state index in [9.17, 15) is 4.79 Å². The van der Waals surface area contributed by atoms with Crippen molar-refractivity contribution < 1.29 is 9.21 Å². The van der Waals surface area contributed by atoms with Crippen LogP contribution in [0.1, 0.15) is 11.3 Å². The summed E-state index contributed by atoms with van der Waals surface area (Å²) < 4.78 is 6.93. The summed E-state index contributed by atoms with van der Waals surface area (Å²) in [6.07, 6.45) is 3.63. The number of carbonyl (C=O) groups excluding carboxylic acids is 1. The van der Waals surface area contributed by atoms with E-state index in [2.05, 4.69) is 15.9 Å². The maximum absolute atomic E-state index is 13.5. The largest absolute Gasteiger partial charge is 0.457 e. The predicted octanol–water partition coefficient (Wildman–Crippen LogP) is 8.49. The van der Waals surface area contributed by atoms with Crippen LogP contribution >= 0.6 is 39.1 Å². The molecule has 5 rings (SSSR count). The van der Waals surface area contributed by atoms with E-state index in [-0.39, 0.29) is 5.91 Å². The van der Waals surface area contributed by atoms with Gasteiger partial charge in [-0.25, -0.2) is 0 Å². The normalized spacial score (nSPS) is 14.8. The zero-order chi connectivity index (χ0) is 22.9. The molecule has 6 heteroatoms. The molecule has 4 aromatic rings. The summed E-state index contributed by atoms with van der Waals surface area (Å²) >= 11 is 15.9. The van der Waals surface area contributed by atoms with Crippen molar-refractivity contribution in [3.05, 3.63) is 122 Å². The van der Waals surface area contributed by atoms with Crippen LogP contribution in [0.4, 0.5) is 5.69 Å². The van der Waals surface area contributed by atoms with Crippen molar-refractivity contribution in [2.24, 2.45) is 0 Å². The fourth-order valence-corrected chi connectivity index (χ4v) is 4.35. The van der Waals surface area contributed by atoms with Crippen LogP contribution < -0.4 is 4.90 Å². The molecule has 0 bridgehead atoms. The van der Waals surface area contributed by atoms with E-state index in [0.29, 0.717) is 32.7 Å². The quantitative estimate of drug-likeness (QED) is 0.245. The minimum Gasteiger partial charge on any atom is -0.457 e. The van der Waals surface area contributed by atoms with Crippen LogP contribution in [0.15, 0.2) is 105 Å². The molecule has 1 amide bonds. The molecule has 0 N–H and O–H groups in total. The molecular weight excluding hydrogens is 521 g/mol. The predicted molar refractivity (Wildman–Crippen MR) is 138 cm³/mol. The second-order valence-electron chi connectivity index (χ2n) is 7.44. The van der Waals surface area contributed by atoms with Gasteiger partial charge in [0, 0.05) is 26.3 Å². The highest BCUT2D eigenvalue weighted by atomic mass is 79.9. The zero-order valence-electron chi connectivity index (χ0n) is 17.1. The lowest BCUT2D eigenvalue weighted by Crippen LogP contribution is -2.24. The molecule has 3 aromatic carbocycles. The van der Waals surface area contributed by atoms with Crippen LogP contribution in [0.2, 0.25) is 10.0 Å². The fraction of sp³-hybridized carbons (Fsp3) is 0. The summed E-state index contributed by atoms with van der Waals surface area (Å²) in [5, 5.41) is 1.11. The second-order valence-corrected chi connectivity index (χ2v) is 9.20. The SMILES string of the molecule is O=C1/C(=C/c2ccc(-c3cc(Cl)ccc3Cl)o2)C=C(c2ccccc2)N1c1ccc(Br)cc1. The zero-order valence-corrected chi connectivity index (χ0v) is 20.2. The molecule has 162 valence electrons. The first-order valence-electron chi connectivity index (χ1n) is 10.1. The van der Waals surface area contributed by atoms with Crippen molar-refractivity contribution in [2.45, 2.75) is 0 Å². The Hall–Kier alpha value is -3.05.